The van der Waals surface area contributed by atoms with E-state index in [1.807, 2.05) is 7.05 Å². The van der Waals surface area contributed by atoms with Crippen LogP contribution >= 0.6 is 0 Å². The molecule has 0 aromatic rings. The van der Waals surface area contributed by atoms with Gasteiger partial charge in [-0.2, -0.15) is 0 Å². The van der Waals surface area contributed by atoms with Crippen molar-refractivity contribution in [3.63, 3.8) is 0 Å². The third kappa shape index (κ3) is 2.55. The van der Waals surface area contributed by atoms with E-state index in [2.05, 4.69) is 37.9 Å². The Kier molecular flexibility index (Phi) is 3.65. The molecule has 0 radical (unpaired) electrons. The van der Waals surface area contributed by atoms with Crippen LogP contribution in [0.2, 0.25) is 0 Å². The molecule has 0 aliphatic carbocycles. The van der Waals surface area contributed by atoms with Gasteiger partial charge in [-0.25, -0.2) is 0 Å². The minimum Gasteiger partial charge on any atom is -0.481 e. The predicted molar refractivity (Wildman–Crippen MR) is 64.5 cm³/mol. The number of carbonyl (C=O) groups is 1. The van der Waals surface area contributed by atoms with Crippen LogP contribution in [-0.4, -0.2) is 47.7 Å². The molecule has 1 fully saturated rings. The fourth-order valence-electron chi connectivity index (χ4n) is 2.19. The molecule has 4 nitrogen and oxygen atoms in total. The maximum Gasteiger partial charge on any atom is 0.305 e. The quantitative estimate of drug-likeness (QED) is 0.758. The Bertz CT molecular complexity index is 267. The van der Waals surface area contributed by atoms with E-state index < -0.39 is 5.97 Å². The molecule has 1 unspecified atom stereocenters. The number of hydrogen-bond donors (Lipinski definition) is 2. The van der Waals surface area contributed by atoms with Crippen LogP contribution in [0.3, 0.4) is 0 Å². The highest BCUT2D eigenvalue weighted by molar-refractivity contribution is 5.68. The zero-order valence-corrected chi connectivity index (χ0v) is 11.0. The van der Waals surface area contributed by atoms with E-state index in [9.17, 15) is 4.79 Å². The Labute approximate surface area is 98.0 Å². The number of rotatable bonds is 4. The zero-order valence-electron chi connectivity index (χ0n) is 11.0. The summed E-state index contributed by atoms with van der Waals surface area (Å²) in [4.78, 5) is 13.2. The van der Waals surface area contributed by atoms with E-state index in [0.717, 1.165) is 13.1 Å². The van der Waals surface area contributed by atoms with Gasteiger partial charge in [0.05, 0.1) is 12.0 Å². The van der Waals surface area contributed by atoms with Gasteiger partial charge >= 0.3 is 5.97 Å². The Hall–Kier alpha value is -0.610. The monoisotopic (exact) mass is 228 g/mol. The number of aliphatic carboxylic acids is 1. The third-order valence-electron chi connectivity index (χ3n) is 3.97. The first-order valence-corrected chi connectivity index (χ1v) is 5.84. The van der Waals surface area contributed by atoms with Gasteiger partial charge in [0.2, 0.25) is 0 Å². The van der Waals surface area contributed by atoms with Crippen molar-refractivity contribution in [1.29, 1.82) is 0 Å². The minimum atomic E-state index is -0.713. The summed E-state index contributed by atoms with van der Waals surface area (Å²) < 4.78 is 0. The van der Waals surface area contributed by atoms with E-state index in [-0.39, 0.29) is 17.4 Å². The summed E-state index contributed by atoms with van der Waals surface area (Å²) in [5.74, 6) is -0.713. The predicted octanol–water partition coefficient (Wildman–Crippen LogP) is 1.17. The average Bonchev–Trinajstić information content (AvgIpc) is 2.07. The molecular formula is C12H24N2O2. The molecule has 0 aromatic heterocycles. The van der Waals surface area contributed by atoms with Crippen molar-refractivity contribution in [2.75, 3.05) is 20.1 Å². The third-order valence-corrected chi connectivity index (χ3v) is 3.97. The number of nitrogens with one attached hydrogen (secondary N) is 1. The molecule has 4 heteroatoms. The number of nitrogens with zero attached hydrogens (tertiary/aromatic N) is 1. The van der Waals surface area contributed by atoms with Gasteiger partial charge < -0.3 is 10.4 Å². The Morgan fingerprint density at radius 2 is 2.00 bits per heavy atom. The van der Waals surface area contributed by atoms with Crippen LogP contribution in [0.4, 0.5) is 0 Å². The highest BCUT2D eigenvalue weighted by Gasteiger charge is 2.46. The fourth-order valence-corrected chi connectivity index (χ4v) is 2.19. The Morgan fingerprint density at radius 1 is 1.50 bits per heavy atom. The van der Waals surface area contributed by atoms with Crippen molar-refractivity contribution < 1.29 is 9.90 Å². The fraction of sp³-hybridized carbons (Fsp3) is 0.917. The first-order chi connectivity index (χ1) is 7.19. The van der Waals surface area contributed by atoms with Crippen molar-refractivity contribution in [3.05, 3.63) is 0 Å². The van der Waals surface area contributed by atoms with E-state index in [0.29, 0.717) is 6.04 Å². The Morgan fingerprint density at radius 3 is 2.25 bits per heavy atom. The molecule has 1 heterocycles. The molecule has 2 N–H and O–H groups in total. The van der Waals surface area contributed by atoms with Gasteiger partial charge in [0.15, 0.2) is 0 Å². The molecule has 1 saturated heterocycles. The topological polar surface area (TPSA) is 52.6 Å². The molecule has 0 spiro atoms. The highest BCUT2D eigenvalue weighted by atomic mass is 16.4. The van der Waals surface area contributed by atoms with Crippen LogP contribution in [0.15, 0.2) is 0 Å². The van der Waals surface area contributed by atoms with E-state index in [1.54, 1.807) is 0 Å². The van der Waals surface area contributed by atoms with Crippen molar-refractivity contribution in [3.8, 4) is 0 Å². The minimum absolute atomic E-state index is 0.163. The largest absolute Gasteiger partial charge is 0.481 e. The Balaban J connectivity index is 2.77. The second-order valence-electron chi connectivity index (χ2n) is 6.05. The zero-order chi connectivity index (χ0) is 12.6. The standard InChI is InChI=1S/C12H24N2O2/c1-9(11(2,3)4)14(5)12(6-10(15)16)7-13-8-12/h9,13H,6-8H2,1-5H3,(H,15,16). The summed E-state index contributed by atoms with van der Waals surface area (Å²) in [6.45, 7) is 10.3. The van der Waals surface area contributed by atoms with E-state index in [1.165, 1.54) is 0 Å². The van der Waals surface area contributed by atoms with Crippen molar-refractivity contribution in [2.24, 2.45) is 5.41 Å². The number of hydrogen-bond acceptors (Lipinski definition) is 3. The molecule has 0 saturated carbocycles. The molecule has 1 aliphatic rings. The van der Waals surface area contributed by atoms with Gasteiger partial charge in [0.25, 0.3) is 0 Å². The van der Waals surface area contributed by atoms with E-state index >= 15 is 0 Å². The van der Waals surface area contributed by atoms with Crippen LogP contribution in [-0.2, 0) is 4.79 Å². The first-order valence-electron chi connectivity index (χ1n) is 5.84. The van der Waals surface area contributed by atoms with Gasteiger partial charge in [0, 0.05) is 19.1 Å². The highest BCUT2D eigenvalue weighted by Crippen LogP contribution is 2.32. The number of carboxylic acids is 1. The van der Waals surface area contributed by atoms with Gasteiger partial charge in [-0.05, 0) is 19.4 Å². The van der Waals surface area contributed by atoms with Gasteiger partial charge in [-0.3, -0.25) is 9.69 Å². The van der Waals surface area contributed by atoms with Crippen LogP contribution in [0, 0.1) is 5.41 Å². The first kappa shape index (κ1) is 13.5. The molecule has 1 atom stereocenters. The number of likely N-dealkylation sites (N-methyl/N-ethyl adjacent to an activating group) is 1. The molecule has 94 valence electrons. The SMILES string of the molecule is CC(N(C)C1(CC(=O)O)CNC1)C(C)(C)C. The van der Waals surface area contributed by atoms with Crippen LogP contribution in [0.5, 0.6) is 0 Å². The normalized spacial score (nSPS) is 21.6. The summed E-state index contributed by atoms with van der Waals surface area (Å²) in [6.07, 6.45) is 0.219. The smallest absolute Gasteiger partial charge is 0.305 e. The van der Waals surface area contributed by atoms with Crippen molar-refractivity contribution >= 4 is 5.97 Å². The lowest BCUT2D eigenvalue weighted by Crippen LogP contribution is -2.71. The van der Waals surface area contributed by atoms with Gasteiger partial charge in [-0.15, -0.1) is 0 Å². The lowest BCUT2D eigenvalue weighted by atomic mass is 9.80. The molecular weight excluding hydrogens is 204 g/mol. The maximum absolute atomic E-state index is 10.9. The van der Waals surface area contributed by atoms with Gasteiger partial charge in [-0.1, -0.05) is 20.8 Å². The summed E-state index contributed by atoms with van der Waals surface area (Å²) in [6, 6.07) is 0.356. The molecule has 16 heavy (non-hydrogen) atoms. The second-order valence-corrected chi connectivity index (χ2v) is 6.05. The van der Waals surface area contributed by atoms with Crippen LogP contribution < -0.4 is 5.32 Å². The second kappa shape index (κ2) is 4.34. The maximum atomic E-state index is 10.9. The lowest BCUT2D eigenvalue weighted by Gasteiger charge is -2.53. The van der Waals surface area contributed by atoms with Crippen LogP contribution in [0.1, 0.15) is 34.1 Å². The molecule has 1 rings (SSSR count). The molecule has 1 aliphatic heterocycles. The van der Waals surface area contributed by atoms with Gasteiger partial charge in [0.1, 0.15) is 0 Å². The number of carboxylic acid groups (broad SMARTS) is 1. The molecule has 0 aromatic carbocycles. The summed E-state index contributed by atoms with van der Waals surface area (Å²) >= 11 is 0. The lowest BCUT2D eigenvalue weighted by molar-refractivity contribution is -0.142. The molecule has 0 amide bonds. The van der Waals surface area contributed by atoms with Crippen molar-refractivity contribution in [1.82, 2.24) is 10.2 Å². The summed E-state index contributed by atoms with van der Waals surface area (Å²) in [7, 11) is 2.04. The average molecular weight is 228 g/mol. The molecule has 0 bridgehead atoms. The van der Waals surface area contributed by atoms with Crippen LogP contribution in [0.25, 0.3) is 0 Å². The van der Waals surface area contributed by atoms with Crippen molar-refractivity contribution in [2.45, 2.75) is 45.7 Å². The summed E-state index contributed by atoms with van der Waals surface area (Å²) in [5.41, 5.74) is -0.0334. The van der Waals surface area contributed by atoms with E-state index in [4.69, 9.17) is 5.11 Å². The summed E-state index contributed by atoms with van der Waals surface area (Å²) in [5, 5.41) is 12.2.